The van der Waals surface area contributed by atoms with E-state index in [-0.39, 0.29) is 5.56 Å². The van der Waals surface area contributed by atoms with Gasteiger partial charge in [-0.15, -0.1) is 0 Å². The number of imidazole rings is 1. The van der Waals surface area contributed by atoms with Gasteiger partial charge in [0.15, 0.2) is 5.65 Å². The molecule has 0 spiro atoms. The SMILES string of the molecule is [2H]C([2H])([2H])c1c(C)n(-c2n(C([2H])([2H])[2H])cc[n+]2C)c2c1c1ccccc1n2C. The van der Waals surface area contributed by atoms with E-state index >= 15 is 0 Å². The molecule has 0 fully saturated rings. The summed E-state index contributed by atoms with van der Waals surface area (Å²) in [5.41, 5.74) is 2.30. The highest BCUT2D eigenvalue weighted by atomic mass is 15.3. The molecular weight excluding hydrogens is 272 g/mol. The monoisotopic (exact) mass is 299 g/mol. The second-order valence-corrected chi connectivity index (χ2v) is 5.65. The standard InChI is InChI=1S/C18H21N4/c1-12-13(2)22(18-19(3)10-11-20(18)4)17-16(12)14-8-6-7-9-15(14)21(17)5/h6-11H,1-5H3/q+1/i1D3,3D3. The molecule has 3 heterocycles. The van der Waals surface area contributed by atoms with Crippen LogP contribution in [-0.4, -0.2) is 13.7 Å². The largest absolute Gasteiger partial charge is 0.370 e. The number of para-hydroxylation sites is 1. The predicted octanol–water partition coefficient (Wildman–Crippen LogP) is 2.90. The number of aromatic nitrogens is 4. The molecule has 112 valence electrons. The summed E-state index contributed by atoms with van der Waals surface area (Å²) in [5, 5.41) is 1.47. The fourth-order valence-electron chi connectivity index (χ4n) is 3.32. The Kier molecular flexibility index (Phi) is 1.59. The number of benzene rings is 1. The van der Waals surface area contributed by atoms with Crippen molar-refractivity contribution in [3.8, 4) is 5.95 Å². The van der Waals surface area contributed by atoms with Crippen LogP contribution in [0.1, 0.15) is 19.5 Å². The van der Waals surface area contributed by atoms with Crippen LogP contribution in [0.3, 0.4) is 0 Å². The molecule has 0 aliphatic rings. The van der Waals surface area contributed by atoms with E-state index in [2.05, 4.69) is 0 Å². The Balaban J connectivity index is 2.27. The zero-order valence-electron chi connectivity index (χ0n) is 18.8. The third-order valence-corrected chi connectivity index (χ3v) is 4.41. The highest BCUT2D eigenvalue weighted by molar-refractivity contribution is 6.09. The second-order valence-electron chi connectivity index (χ2n) is 5.65. The Morgan fingerprint density at radius 3 is 2.82 bits per heavy atom. The van der Waals surface area contributed by atoms with E-state index < -0.39 is 13.8 Å². The van der Waals surface area contributed by atoms with Gasteiger partial charge in [-0.05, 0) is 25.4 Å². The quantitative estimate of drug-likeness (QED) is 0.481. The Bertz CT molecular complexity index is 1220. The molecule has 22 heavy (non-hydrogen) atoms. The summed E-state index contributed by atoms with van der Waals surface area (Å²) in [6.07, 6.45) is 3.15. The molecule has 4 rings (SSSR count). The topological polar surface area (TPSA) is 18.7 Å². The van der Waals surface area contributed by atoms with Gasteiger partial charge in [-0.1, -0.05) is 18.2 Å². The highest BCUT2D eigenvalue weighted by Gasteiger charge is 2.27. The van der Waals surface area contributed by atoms with E-state index in [0.29, 0.717) is 22.7 Å². The van der Waals surface area contributed by atoms with E-state index in [1.54, 1.807) is 29.3 Å². The molecule has 0 saturated carbocycles. The first-order valence-corrected chi connectivity index (χ1v) is 7.11. The van der Waals surface area contributed by atoms with Crippen LogP contribution in [0.25, 0.3) is 27.9 Å². The first-order chi connectivity index (χ1) is 12.9. The average molecular weight is 299 g/mol. The average Bonchev–Trinajstić information content (AvgIpc) is 3.18. The third-order valence-electron chi connectivity index (χ3n) is 4.41. The maximum Gasteiger partial charge on any atom is 0.370 e. The molecule has 4 heteroatoms. The van der Waals surface area contributed by atoms with Crippen LogP contribution >= 0.6 is 0 Å². The van der Waals surface area contributed by atoms with Crippen LogP contribution in [0.4, 0.5) is 0 Å². The van der Waals surface area contributed by atoms with Crippen molar-refractivity contribution in [2.24, 2.45) is 21.1 Å². The van der Waals surface area contributed by atoms with Gasteiger partial charge in [-0.3, -0.25) is 0 Å². The van der Waals surface area contributed by atoms with Crippen molar-refractivity contribution in [1.29, 1.82) is 0 Å². The van der Waals surface area contributed by atoms with Crippen molar-refractivity contribution in [1.82, 2.24) is 13.7 Å². The van der Waals surface area contributed by atoms with Gasteiger partial charge in [-0.25, -0.2) is 9.13 Å². The van der Waals surface area contributed by atoms with Crippen LogP contribution in [0, 0.1) is 13.8 Å². The van der Waals surface area contributed by atoms with Crippen molar-refractivity contribution in [2.45, 2.75) is 13.8 Å². The van der Waals surface area contributed by atoms with Gasteiger partial charge in [0, 0.05) is 21.9 Å². The van der Waals surface area contributed by atoms with Crippen molar-refractivity contribution >= 4 is 21.9 Å². The Hall–Kier alpha value is -2.49. The van der Waals surface area contributed by atoms with Crippen molar-refractivity contribution in [3.05, 3.63) is 47.9 Å². The lowest BCUT2D eigenvalue weighted by Crippen LogP contribution is -2.33. The van der Waals surface area contributed by atoms with E-state index in [4.69, 9.17) is 8.22 Å². The Morgan fingerprint density at radius 2 is 2.05 bits per heavy atom. The number of hydrogen-bond donors (Lipinski definition) is 0. The molecule has 0 aliphatic heterocycles. The zero-order valence-corrected chi connectivity index (χ0v) is 12.8. The van der Waals surface area contributed by atoms with Gasteiger partial charge in [0.25, 0.3) is 0 Å². The number of nitrogens with zero attached hydrogens (tertiary/aromatic N) is 4. The number of fused-ring (bicyclic) bond motifs is 3. The van der Waals surface area contributed by atoms with Crippen LogP contribution in [0.15, 0.2) is 36.7 Å². The lowest BCUT2D eigenvalue weighted by Gasteiger charge is -2.05. The minimum absolute atomic E-state index is 0.248. The third kappa shape index (κ3) is 1.44. The first-order valence-electron chi connectivity index (χ1n) is 10.1. The molecule has 0 amide bonds. The van der Waals surface area contributed by atoms with Gasteiger partial charge >= 0.3 is 5.95 Å². The highest BCUT2D eigenvalue weighted by Crippen LogP contribution is 2.35. The van der Waals surface area contributed by atoms with Gasteiger partial charge in [0.05, 0.1) is 41.7 Å². The molecule has 0 atom stereocenters. The number of rotatable bonds is 1. The van der Waals surface area contributed by atoms with E-state index in [1.165, 1.54) is 10.8 Å². The van der Waals surface area contributed by atoms with Crippen molar-refractivity contribution < 1.29 is 12.8 Å². The summed E-state index contributed by atoms with van der Waals surface area (Å²) in [5.74, 6) is 0.379. The molecule has 4 aromatic rings. The maximum absolute atomic E-state index is 8.14. The summed E-state index contributed by atoms with van der Waals surface area (Å²) in [6.45, 7) is -3.01. The van der Waals surface area contributed by atoms with Crippen LogP contribution < -0.4 is 4.57 Å². The van der Waals surface area contributed by atoms with E-state index in [1.807, 2.05) is 35.9 Å². The zero-order chi connectivity index (χ0) is 20.6. The molecule has 0 bridgehead atoms. The molecule has 0 unspecified atom stereocenters. The van der Waals surface area contributed by atoms with Gasteiger partial charge in [0.2, 0.25) is 0 Å². The molecule has 4 nitrogen and oxygen atoms in total. The minimum atomic E-state index is -2.40. The Morgan fingerprint density at radius 1 is 1.23 bits per heavy atom. The lowest BCUT2D eigenvalue weighted by atomic mass is 10.1. The minimum Gasteiger partial charge on any atom is -0.317 e. The summed E-state index contributed by atoms with van der Waals surface area (Å²) in [6, 6.07) is 7.61. The molecule has 0 radical (unpaired) electrons. The fourth-order valence-corrected chi connectivity index (χ4v) is 3.32. The predicted molar refractivity (Wildman–Crippen MR) is 89.4 cm³/mol. The molecule has 3 aromatic heterocycles. The van der Waals surface area contributed by atoms with E-state index in [9.17, 15) is 0 Å². The first kappa shape index (κ1) is 8.22. The van der Waals surface area contributed by atoms with Crippen LogP contribution in [0.2, 0.25) is 0 Å². The summed E-state index contributed by atoms with van der Waals surface area (Å²) in [4.78, 5) is 0. The van der Waals surface area contributed by atoms with Crippen molar-refractivity contribution in [3.63, 3.8) is 0 Å². The molecule has 0 N–H and O–H groups in total. The van der Waals surface area contributed by atoms with Crippen LogP contribution in [0.5, 0.6) is 0 Å². The van der Waals surface area contributed by atoms with Gasteiger partial charge in [0.1, 0.15) is 0 Å². The number of hydrogen-bond acceptors (Lipinski definition) is 0. The maximum atomic E-state index is 8.14. The fraction of sp³-hybridized carbons (Fsp3) is 0.278. The molecule has 1 aromatic carbocycles. The number of aryl methyl sites for hydroxylation is 4. The molecule has 0 aliphatic carbocycles. The molecule has 0 saturated heterocycles. The lowest BCUT2D eigenvalue weighted by molar-refractivity contribution is -0.664. The van der Waals surface area contributed by atoms with Gasteiger partial charge < -0.3 is 4.57 Å². The smallest absolute Gasteiger partial charge is 0.317 e. The Labute approximate surface area is 138 Å². The summed E-state index contributed by atoms with van der Waals surface area (Å²) >= 11 is 0. The van der Waals surface area contributed by atoms with Crippen LogP contribution in [-0.2, 0) is 21.1 Å². The van der Waals surface area contributed by atoms with Crippen molar-refractivity contribution in [2.75, 3.05) is 0 Å². The second kappa shape index (κ2) is 4.26. The normalized spacial score (nSPS) is 17.0. The van der Waals surface area contributed by atoms with Gasteiger partial charge in [-0.2, -0.15) is 4.57 Å². The van der Waals surface area contributed by atoms with E-state index in [0.717, 1.165) is 10.9 Å². The molecular formula is C18H21N4+. The summed E-state index contributed by atoms with van der Waals surface area (Å²) < 4.78 is 54.6. The summed E-state index contributed by atoms with van der Waals surface area (Å²) in [7, 11) is 3.62.